The summed E-state index contributed by atoms with van der Waals surface area (Å²) in [5.41, 5.74) is 0. The van der Waals surface area contributed by atoms with E-state index in [1.165, 1.54) is 0 Å². The van der Waals surface area contributed by atoms with Crippen LogP contribution in [-0.2, 0) is 9.84 Å². The van der Waals surface area contributed by atoms with E-state index in [0.29, 0.717) is 36.2 Å². The summed E-state index contributed by atoms with van der Waals surface area (Å²) in [7, 11) is -3.28. The van der Waals surface area contributed by atoms with E-state index in [2.05, 4.69) is 5.32 Å². The zero-order valence-electron chi connectivity index (χ0n) is 11.7. The first-order valence-corrected chi connectivity index (χ1v) is 8.62. The SMILES string of the molecule is CCCNCCS(=O)(=O)c1ccc2c(c1)OCCCO2. The summed E-state index contributed by atoms with van der Waals surface area (Å²) in [5.74, 6) is 1.22. The van der Waals surface area contributed by atoms with E-state index in [4.69, 9.17) is 9.47 Å². The van der Waals surface area contributed by atoms with Crippen LogP contribution in [0.15, 0.2) is 23.1 Å². The smallest absolute Gasteiger partial charge is 0.179 e. The van der Waals surface area contributed by atoms with Crippen molar-refractivity contribution in [1.82, 2.24) is 5.32 Å². The summed E-state index contributed by atoms with van der Waals surface area (Å²) in [5, 5.41) is 3.10. The predicted octanol–water partition coefficient (Wildman–Crippen LogP) is 1.62. The van der Waals surface area contributed by atoms with E-state index < -0.39 is 9.84 Å². The first-order valence-electron chi connectivity index (χ1n) is 6.96. The number of hydrogen-bond donors (Lipinski definition) is 1. The molecule has 1 aromatic rings. The molecule has 112 valence electrons. The molecule has 1 heterocycles. The zero-order chi connectivity index (χ0) is 14.4. The quantitative estimate of drug-likeness (QED) is 0.809. The van der Waals surface area contributed by atoms with Gasteiger partial charge in [0.15, 0.2) is 21.3 Å². The number of ether oxygens (including phenoxy) is 2. The lowest BCUT2D eigenvalue weighted by molar-refractivity contribution is 0.297. The minimum absolute atomic E-state index is 0.0899. The lowest BCUT2D eigenvalue weighted by Crippen LogP contribution is -2.23. The number of nitrogens with one attached hydrogen (secondary N) is 1. The number of fused-ring (bicyclic) bond motifs is 1. The van der Waals surface area contributed by atoms with Crippen molar-refractivity contribution in [3.8, 4) is 11.5 Å². The van der Waals surface area contributed by atoms with Crippen LogP contribution < -0.4 is 14.8 Å². The van der Waals surface area contributed by atoms with Crippen molar-refractivity contribution in [2.45, 2.75) is 24.7 Å². The normalized spacial score (nSPS) is 14.8. The molecule has 0 amide bonds. The van der Waals surface area contributed by atoms with Crippen LogP contribution in [0.2, 0.25) is 0 Å². The maximum atomic E-state index is 12.2. The van der Waals surface area contributed by atoms with Crippen molar-refractivity contribution in [2.24, 2.45) is 0 Å². The number of benzene rings is 1. The Hall–Kier alpha value is -1.27. The summed E-state index contributed by atoms with van der Waals surface area (Å²) in [6.45, 7) is 4.49. The van der Waals surface area contributed by atoms with Gasteiger partial charge in [-0.25, -0.2) is 8.42 Å². The Bertz CT molecular complexity index is 542. The van der Waals surface area contributed by atoms with Crippen molar-refractivity contribution < 1.29 is 17.9 Å². The van der Waals surface area contributed by atoms with Crippen LogP contribution in [0.25, 0.3) is 0 Å². The van der Waals surface area contributed by atoms with Crippen molar-refractivity contribution in [3.63, 3.8) is 0 Å². The Kier molecular flexibility index (Phi) is 5.25. The average Bonchev–Trinajstić information content (AvgIpc) is 2.68. The zero-order valence-corrected chi connectivity index (χ0v) is 12.5. The molecule has 6 heteroatoms. The molecule has 0 atom stereocenters. The molecule has 0 aliphatic carbocycles. The van der Waals surface area contributed by atoms with Gasteiger partial charge in [-0.3, -0.25) is 0 Å². The van der Waals surface area contributed by atoms with Gasteiger partial charge in [-0.15, -0.1) is 0 Å². The van der Waals surface area contributed by atoms with Gasteiger partial charge < -0.3 is 14.8 Å². The molecule has 20 heavy (non-hydrogen) atoms. The van der Waals surface area contributed by atoms with Crippen LogP contribution in [0, 0.1) is 0 Å². The molecule has 1 aromatic carbocycles. The van der Waals surface area contributed by atoms with E-state index in [1.54, 1.807) is 18.2 Å². The summed E-state index contributed by atoms with van der Waals surface area (Å²) in [4.78, 5) is 0.292. The fourth-order valence-corrected chi connectivity index (χ4v) is 3.17. The Balaban J connectivity index is 2.09. The minimum atomic E-state index is -3.28. The Morgan fingerprint density at radius 1 is 1.15 bits per heavy atom. The fraction of sp³-hybridized carbons (Fsp3) is 0.571. The van der Waals surface area contributed by atoms with E-state index in [-0.39, 0.29) is 5.75 Å². The molecule has 0 unspecified atom stereocenters. The molecular weight excluding hydrogens is 278 g/mol. The lowest BCUT2D eigenvalue weighted by atomic mass is 10.3. The van der Waals surface area contributed by atoms with Crippen LogP contribution in [0.4, 0.5) is 0 Å². The Morgan fingerprint density at radius 2 is 1.90 bits per heavy atom. The van der Waals surface area contributed by atoms with Gasteiger partial charge in [0.1, 0.15) is 0 Å². The van der Waals surface area contributed by atoms with Crippen molar-refractivity contribution in [1.29, 1.82) is 0 Å². The summed E-state index contributed by atoms with van der Waals surface area (Å²) in [6, 6.07) is 4.82. The first-order chi connectivity index (χ1) is 9.63. The molecule has 1 N–H and O–H groups in total. The Morgan fingerprint density at radius 3 is 2.65 bits per heavy atom. The maximum Gasteiger partial charge on any atom is 0.179 e. The second kappa shape index (κ2) is 6.95. The molecule has 0 aromatic heterocycles. The number of sulfone groups is 1. The van der Waals surface area contributed by atoms with Crippen LogP contribution in [0.3, 0.4) is 0 Å². The van der Waals surface area contributed by atoms with Gasteiger partial charge in [0, 0.05) is 19.0 Å². The molecule has 5 nitrogen and oxygen atoms in total. The van der Waals surface area contributed by atoms with Gasteiger partial charge in [0.25, 0.3) is 0 Å². The molecule has 0 radical (unpaired) electrons. The minimum Gasteiger partial charge on any atom is -0.490 e. The number of hydrogen-bond acceptors (Lipinski definition) is 5. The van der Waals surface area contributed by atoms with E-state index in [1.807, 2.05) is 6.92 Å². The molecule has 0 bridgehead atoms. The highest BCUT2D eigenvalue weighted by atomic mass is 32.2. The van der Waals surface area contributed by atoms with Crippen LogP contribution >= 0.6 is 0 Å². The van der Waals surface area contributed by atoms with Gasteiger partial charge >= 0.3 is 0 Å². The predicted molar refractivity (Wildman–Crippen MR) is 77.3 cm³/mol. The van der Waals surface area contributed by atoms with Gasteiger partial charge in [0.05, 0.1) is 23.9 Å². The molecule has 0 spiro atoms. The first kappa shape index (κ1) is 15.1. The van der Waals surface area contributed by atoms with Gasteiger partial charge in [0.2, 0.25) is 0 Å². The lowest BCUT2D eigenvalue weighted by Gasteiger charge is -2.10. The summed E-state index contributed by atoms with van der Waals surface area (Å²) < 4.78 is 35.5. The Labute approximate surface area is 120 Å². The molecule has 2 rings (SSSR count). The third-order valence-electron chi connectivity index (χ3n) is 3.05. The second-order valence-corrected chi connectivity index (χ2v) is 6.84. The third-order valence-corrected chi connectivity index (χ3v) is 4.77. The monoisotopic (exact) mass is 299 g/mol. The molecule has 1 aliphatic rings. The molecule has 0 fully saturated rings. The van der Waals surface area contributed by atoms with Crippen molar-refractivity contribution >= 4 is 9.84 Å². The highest BCUT2D eigenvalue weighted by Gasteiger charge is 2.18. The van der Waals surface area contributed by atoms with Crippen molar-refractivity contribution in [2.75, 3.05) is 32.1 Å². The average molecular weight is 299 g/mol. The van der Waals surface area contributed by atoms with Gasteiger partial charge in [-0.05, 0) is 25.1 Å². The summed E-state index contributed by atoms with van der Waals surface area (Å²) in [6.07, 6.45) is 1.79. The topological polar surface area (TPSA) is 64.6 Å². The van der Waals surface area contributed by atoms with Crippen LogP contribution in [0.5, 0.6) is 11.5 Å². The third kappa shape index (κ3) is 3.86. The standard InChI is InChI=1S/C14H21NO4S/c1-2-6-15-7-10-20(16,17)12-4-5-13-14(11-12)19-9-3-8-18-13/h4-5,11,15H,2-3,6-10H2,1H3. The summed E-state index contributed by atoms with van der Waals surface area (Å²) >= 11 is 0. The highest BCUT2D eigenvalue weighted by Crippen LogP contribution is 2.32. The molecule has 1 aliphatic heterocycles. The number of rotatable bonds is 6. The molecular formula is C14H21NO4S. The van der Waals surface area contributed by atoms with Crippen molar-refractivity contribution in [3.05, 3.63) is 18.2 Å². The van der Waals surface area contributed by atoms with Crippen LogP contribution in [0.1, 0.15) is 19.8 Å². The maximum absolute atomic E-state index is 12.2. The molecule has 0 saturated carbocycles. The van der Waals surface area contributed by atoms with Gasteiger partial charge in [-0.1, -0.05) is 6.92 Å². The largest absolute Gasteiger partial charge is 0.490 e. The van der Waals surface area contributed by atoms with E-state index in [9.17, 15) is 8.42 Å². The molecule has 0 saturated heterocycles. The fourth-order valence-electron chi connectivity index (χ4n) is 1.96. The van der Waals surface area contributed by atoms with E-state index >= 15 is 0 Å². The van der Waals surface area contributed by atoms with E-state index in [0.717, 1.165) is 19.4 Å². The second-order valence-electron chi connectivity index (χ2n) is 4.73. The highest BCUT2D eigenvalue weighted by molar-refractivity contribution is 7.91. The van der Waals surface area contributed by atoms with Crippen LogP contribution in [-0.4, -0.2) is 40.5 Å². The van der Waals surface area contributed by atoms with Gasteiger partial charge in [-0.2, -0.15) is 0 Å².